The van der Waals surface area contributed by atoms with Crippen molar-refractivity contribution < 1.29 is 0 Å². The van der Waals surface area contributed by atoms with Crippen LogP contribution in [-0.2, 0) is 0 Å². The normalized spacial score (nSPS) is 23.6. The summed E-state index contributed by atoms with van der Waals surface area (Å²) in [7, 11) is 0. The largest absolute Gasteiger partial charge is 0.0776 e. The molecule has 0 aromatic heterocycles. The highest BCUT2D eigenvalue weighted by atomic mass is 14.1. The molecule has 0 aromatic rings. The van der Waals surface area contributed by atoms with Gasteiger partial charge in [-0.15, -0.1) is 0 Å². The third-order valence-electron chi connectivity index (χ3n) is 2.10. The zero-order valence-corrected chi connectivity index (χ0v) is 7.54. The van der Waals surface area contributed by atoms with Crippen LogP contribution in [0, 0.1) is 11.8 Å². The third kappa shape index (κ3) is 2.07. The van der Waals surface area contributed by atoms with Gasteiger partial charge in [-0.1, -0.05) is 56.7 Å². The Bertz CT molecular complexity index is 204. The van der Waals surface area contributed by atoms with Gasteiger partial charge in [0.2, 0.25) is 0 Å². The smallest absolute Gasteiger partial charge is 0.00428 e. The van der Waals surface area contributed by atoms with E-state index in [4.69, 9.17) is 0 Å². The standard InChI is InChI=1S/C11H16/c1-9(2)11-8-6-4-5-7-10(11)3/h4-10H,1-3H3. The van der Waals surface area contributed by atoms with Gasteiger partial charge in [-0.05, 0) is 11.8 Å². The van der Waals surface area contributed by atoms with Crippen molar-refractivity contribution in [3.63, 3.8) is 0 Å². The molecule has 11 heavy (non-hydrogen) atoms. The summed E-state index contributed by atoms with van der Waals surface area (Å²) < 4.78 is 0. The molecule has 0 fully saturated rings. The molecule has 0 amide bonds. The van der Waals surface area contributed by atoms with E-state index >= 15 is 0 Å². The van der Waals surface area contributed by atoms with Crippen molar-refractivity contribution in [1.82, 2.24) is 0 Å². The molecule has 0 bridgehead atoms. The Hall–Kier alpha value is -0.780. The van der Waals surface area contributed by atoms with Crippen LogP contribution in [0.5, 0.6) is 0 Å². The van der Waals surface area contributed by atoms with Crippen LogP contribution in [0.3, 0.4) is 0 Å². The topological polar surface area (TPSA) is 0 Å². The summed E-state index contributed by atoms with van der Waals surface area (Å²) in [5.74, 6) is 1.27. The number of allylic oxidation sites excluding steroid dienone is 6. The number of hydrogen-bond donors (Lipinski definition) is 0. The lowest BCUT2D eigenvalue weighted by molar-refractivity contribution is 0.666. The summed E-state index contributed by atoms with van der Waals surface area (Å²) in [5, 5.41) is 0. The van der Waals surface area contributed by atoms with Gasteiger partial charge in [-0.2, -0.15) is 0 Å². The van der Waals surface area contributed by atoms with Gasteiger partial charge in [-0.3, -0.25) is 0 Å². The molecule has 1 aliphatic carbocycles. The fourth-order valence-electron chi connectivity index (χ4n) is 1.44. The van der Waals surface area contributed by atoms with Crippen LogP contribution in [0.25, 0.3) is 0 Å². The second-order valence-electron chi connectivity index (χ2n) is 3.38. The van der Waals surface area contributed by atoms with Crippen molar-refractivity contribution in [2.45, 2.75) is 20.8 Å². The van der Waals surface area contributed by atoms with E-state index in [-0.39, 0.29) is 0 Å². The maximum Gasteiger partial charge on any atom is -0.00428 e. The van der Waals surface area contributed by atoms with Gasteiger partial charge in [-0.25, -0.2) is 0 Å². The molecule has 0 radical (unpaired) electrons. The zero-order valence-electron chi connectivity index (χ0n) is 7.54. The van der Waals surface area contributed by atoms with Crippen LogP contribution in [0.4, 0.5) is 0 Å². The van der Waals surface area contributed by atoms with Gasteiger partial charge in [0, 0.05) is 0 Å². The van der Waals surface area contributed by atoms with Gasteiger partial charge in [0.25, 0.3) is 0 Å². The monoisotopic (exact) mass is 148 g/mol. The second kappa shape index (κ2) is 3.56. The molecule has 1 rings (SSSR count). The first-order valence-electron chi connectivity index (χ1n) is 4.26. The van der Waals surface area contributed by atoms with Gasteiger partial charge in [0.15, 0.2) is 0 Å². The highest BCUT2D eigenvalue weighted by Crippen LogP contribution is 2.22. The summed E-state index contributed by atoms with van der Waals surface area (Å²) in [6, 6.07) is 0. The average molecular weight is 148 g/mol. The molecule has 1 unspecified atom stereocenters. The predicted octanol–water partition coefficient (Wildman–Crippen LogP) is 3.33. The molecule has 0 heterocycles. The summed E-state index contributed by atoms with van der Waals surface area (Å²) in [6.45, 7) is 6.74. The molecule has 60 valence electrons. The average Bonchev–Trinajstić information content (AvgIpc) is 2.13. The summed E-state index contributed by atoms with van der Waals surface area (Å²) in [4.78, 5) is 0. The molecule has 0 aromatic carbocycles. The first kappa shape index (κ1) is 8.32. The van der Waals surface area contributed by atoms with Crippen molar-refractivity contribution in [3.05, 3.63) is 36.0 Å². The van der Waals surface area contributed by atoms with E-state index in [1.165, 1.54) is 5.57 Å². The van der Waals surface area contributed by atoms with E-state index in [0.29, 0.717) is 11.8 Å². The highest BCUT2D eigenvalue weighted by Gasteiger charge is 2.08. The Morgan fingerprint density at radius 2 is 1.91 bits per heavy atom. The fraction of sp³-hybridized carbons (Fsp3) is 0.455. The van der Waals surface area contributed by atoms with Crippen LogP contribution >= 0.6 is 0 Å². The van der Waals surface area contributed by atoms with Crippen molar-refractivity contribution in [3.8, 4) is 0 Å². The molecular weight excluding hydrogens is 132 g/mol. The Labute approximate surface area is 69.3 Å². The van der Waals surface area contributed by atoms with Gasteiger partial charge >= 0.3 is 0 Å². The Morgan fingerprint density at radius 1 is 1.18 bits per heavy atom. The van der Waals surface area contributed by atoms with Crippen LogP contribution in [0.1, 0.15) is 20.8 Å². The Balaban J connectivity index is 2.83. The van der Waals surface area contributed by atoms with Crippen LogP contribution in [-0.4, -0.2) is 0 Å². The SMILES string of the molecule is CC(C)C1=CC=CC=CC1C. The van der Waals surface area contributed by atoms with E-state index in [2.05, 4.69) is 51.2 Å². The van der Waals surface area contributed by atoms with Crippen molar-refractivity contribution in [1.29, 1.82) is 0 Å². The molecule has 0 saturated carbocycles. The molecule has 0 aliphatic heterocycles. The lowest BCUT2D eigenvalue weighted by atomic mass is 9.91. The highest BCUT2D eigenvalue weighted by molar-refractivity contribution is 5.26. The van der Waals surface area contributed by atoms with E-state index < -0.39 is 0 Å². The van der Waals surface area contributed by atoms with E-state index in [0.717, 1.165) is 0 Å². The second-order valence-corrected chi connectivity index (χ2v) is 3.38. The van der Waals surface area contributed by atoms with Crippen molar-refractivity contribution in [2.75, 3.05) is 0 Å². The maximum absolute atomic E-state index is 2.25. The molecule has 0 saturated heterocycles. The van der Waals surface area contributed by atoms with Crippen LogP contribution in [0.2, 0.25) is 0 Å². The van der Waals surface area contributed by atoms with E-state index in [1.54, 1.807) is 0 Å². The fourth-order valence-corrected chi connectivity index (χ4v) is 1.44. The van der Waals surface area contributed by atoms with Crippen molar-refractivity contribution in [2.24, 2.45) is 11.8 Å². The van der Waals surface area contributed by atoms with Crippen LogP contribution < -0.4 is 0 Å². The molecule has 1 aliphatic rings. The van der Waals surface area contributed by atoms with Gasteiger partial charge in [0.1, 0.15) is 0 Å². The number of rotatable bonds is 1. The zero-order chi connectivity index (χ0) is 8.27. The summed E-state index contributed by atoms with van der Waals surface area (Å²) in [5.41, 5.74) is 1.52. The molecule has 0 heteroatoms. The van der Waals surface area contributed by atoms with Gasteiger partial charge in [0.05, 0.1) is 0 Å². The summed E-state index contributed by atoms with van der Waals surface area (Å²) in [6.07, 6.45) is 10.8. The van der Waals surface area contributed by atoms with E-state index in [9.17, 15) is 0 Å². The maximum atomic E-state index is 2.25. The quantitative estimate of drug-likeness (QED) is 0.535. The minimum Gasteiger partial charge on any atom is -0.0776 e. The first-order valence-corrected chi connectivity index (χ1v) is 4.26. The lowest BCUT2D eigenvalue weighted by Gasteiger charge is -2.14. The summed E-state index contributed by atoms with van der Waals surface area (Å²) >= 11 is 0. The molecule has 0 N–H and O–H groups in total. The molecule has 0 spiro atoms. The van der Waals surface area contributed by atoms with Gasteiger partial charge < -0.3 is 0 Å². The van der Waals surface area contributed by atoms with Crippen molar-refractivity contribution >= 4 is 0 Å². The Kier molecular flexibility index (Phi) is 2.70. The molecular formula is C11H16. The Morgan fingerprint density at radius 3 is 2.55 bits per heavy atom. The predicted molar refractivity (Wildman–Crippen MR) is 50.4 cm³/mol. The minimum absolute atomic E-state index is 0.602. The third-order valence-corrected chi connectivity index (χ3v) is 2.10. The molecule has 1 atom stereocenters. The minimum atomic E-state index is 0.602. The molecule has 0 nitrogen and oxygen atoms in total. The first-order chi connectivity index (χ1) is 5.22. The lowest BCUT2D eigenvalue weighted by Crippen LogP contribution is -2.02. The van der Waals surface area contributed by atoms with E-state index in [1.807, 2.05) is 0 Å². The van der Waals surface area contributed by atoms with Crippen LogP contribution in [0.15, 0.2) is 36.0 Å². The number of hydrogen-bond acceptors (Lipinski definition) is 0.